The van der Waals surface area contributed by atoms with Crippen molar-refractivity contribution in [2.45, 2.75) is 41.2 Å². The average Bonchev–Trinajstić information content (AvgIpc) is 2.84. The van der Waals surface area contributed by atoms with Crippen molar-refractivity contribution in [2.75, 3.05) is 39.7 Å². The molecule has 0 aromatic heterocycles. The first-order chi connectivity index (χ1) is 15.8. The van der Waals surface area contributed by atoms with Crippen molar-refractivity contribution in [1.82, 2.24) is 4.31 Å². The molecule has 0 saturated carbocycles. The third-order valence-electron chi connectivity index (χ3n) is 5.40. The SMILES string of the molecule is COc1ccc(S[C@H](C)C(=O)Nc2ccc(OC)c(S(=O)(=O)N3CCCCC3)c2)cc1OC. The molecule has 8 nitrogen and oxygen atoms in total. The Labute approximate surface area is 199 Å². The van der Waals surface area contributed by atoms with E-state index in [2.05, 4.69) is 5.32 Å². The number of ether oxygens (including phenoxy) is 3. The van der Waals surface area contributed by atoms with Gasteiger partial charge in [-0.25, -0.2) is 8.42 Å². The molecular formula is C23H30N2O6S2. The minimum absolute atomic E-state index is 0.0601. The first kappa shape index (κ1) is 25.2. The molecular weight excluding hydrogens is 464 g/mol. The van der Waals surface area contributed by atoms with Gasteiger partial charge in [0.1, 0.15) is 10.6 Å². The number of carbonyl (C=O) groups excluding carboxylic acids is 1. The van der Waals surface area contributed by atoms with Gasteiger partial charge in [0.2, 0.25) is 15.9 Å². The first-order valence-electron chi connectivity index (χ1n) is 10.7. The first-order valence-corrected chi connectivity index (χ1v) is 13.0. The molecule has 1 N–H and O–H groups in total. The van der Waals surface area contributed by atoms with Crippen LogP contribution in [0.3, 0.4) is 0 Å². The number of thioether (sulfide) groups is 1. The van der Waals surface area contributed by atoms with Gasteiger partial charge in [0.05, 0.1) is 26.6 Å². The summed E-state index contributed by atoms with van der Waals surface area (Å²) in [4.78, 5) is 13.7. The average molecular weight is 495 g/mol. The van der Waals surface area contributed by atoms with Gasteiger partial charge in [-0.15, -0.1) is 11.8 Å². The second kappa shape index (κ2) is 11.1. The lowest BCUT2D eigenvalue weighted by molar-refractivity contribution is -0.115. The highest BCUT2D eigenvalue weighted by Gasteiger charge is 2.29. The zero-order valence-corrected chi connectivity index (χ0v) is 20.9. The lowest BCUT2D eigenvalue weighted by Crippen LogP contribution is -2.35. The number of rotatable bonds is 9. The third kappa shape index (κ3) is 5.93. The summed E-state index contributed by atoms with van der Waals surface area (Å²) in [5, 5.41) is 2.39. The maximum absolute atomic E-state index is 13.2. The smallest absolute Gasteiger partial charge is 0.246 e. The molecule has 33 heavy (non-hydrogen) atoms. The van der Waals surface area contributed by atoms with Crippen molar-refractivity contribution in [3.8, 4) is 17.2 Å². The van der Waals surface area contributed by atoms with E-state index in [9.17, 15) is 13.2 Å². The molecule has 0 aliphatic carbocycles. The fraction of sp³-hybridized carbons (Fsp3) is 0.435. The van der Waals surface area contributed by atoms with Gasteiger partial charge >= 0.3 is 0 Å². The van der Waals surface area contributed by atoms with Crippen LogP contribution in [0.25, 0.3) is 0 Å². The number of piperidine rings is 1. The van der Waals surface area contributed by atoms with E-state index in [1.165, 1.54) is 29.2 Å². The number of nitrogens with one attached hydrogen (secondary N) is 1. The summed E-state index contributed by atoms with van der Waals surface area (Å²) in [5.41, 5.74) is 0.399. The number of sulfonamides is 1. The fourth-order valence-electron chi connectivity index (χ4n) is 3.59. The summed E-state index contributed by atoms with van der Waals surface area (Å²) in [6.45, 7) is 2.76. The summed E-state index contributed by atoms with van der Waals surface area (Å²) in [5.74, 6) is 1.20. The Kier molecular flexibility index (Phi) is 8.50. The van der Waals surface area contributed by atoms with Crippen molar-refractivity contribution in [2.24, 2.45) is 0 Å². The largest absolute Gasteiger partial charge is 0.495 e. The highest BCUT2D eigenvalue weighted by molar-refractivity contribution is 8.00. The van der Waals surface area contributed by atoms with Crippen molar-refractivity contribution < 1.29 is 27.4 Å². The van der Waals surface area contributed by atoms with Crippen LogP contribution >= 0.6 is 11.8 Å². The molecule has 2 aromatic carbocycles. The maximum Gasteiger partial charge on any atom is 0.246 e. The Morgan fingerprint density at radius 2 is 1.58 bits per heavy atom. The lowest BCUT2D eigenvalue weighted by atomic mass is 10.2. The summed E-state index contributed by atoms with van der Waals surface area (Å²) < 4.78 is 43.8. The highest BCUT2D eigenvalue weighted by Crippen LogP contribution is 2.34. The number of hydrogen-bond acceptors (Lipinski definition) is 7. The number of hydrogen-bond donors (Lipinski definition) is 1. The Bertz CT molecular complexity index is 1080. The van der Waals surface area contributed by atoms with Gasteiger partial charge in [0.25, 0.3) is 0 Å². The summed E-state index contributed by atoms with van der Waals surface area (Å²) in [6.07, 6.45) is 2.70. The highest BCUT2D eigenvalue weighted by atomic mass is 32.2. The maximum atomic E-state index is 13.2. The predicted molar refractivity (Wildman–Crippen MR) is 129 cm³/mol. The number of nitrogens with zero attached hydrogens (tertiary/aromatic N) is 1. The van der Waals surface area contributed by atoms with Gasteiger partial charge in [0.15, 0.2) is 11.5 Å². The summed E-state index contributed by atoms with van der Waals surface area (Å²) in [6, 6.07) is 10.1. The van der Waals surface area contributed by atoms with E-state index in [1.54, 1.807) is 39.3 Å². The quantitative estimate of drug-likeness (QED) is 0.527. The Balaban J connectivity index is 1.76. The monoisotopic (exact) mass is 494 g/mol. The van der Waals surface area contributed by atoms with Gasteiger partial charge in [-0.1, -0.05) is 6.42 Å². The van der Waals surface area contributed by atoms with Gasteiger partial charge in [-0.3, -0.25) is 4.79 Å². The van der Waals surface area contributed by atoms with Crippen LogP contribution in [0.1, 0.15) is 26.2 Å². The molecule has 1 atom stereocenters. The molecule has 1 aliphatic rings. The van der Waals surface area contributed by atoms with Crippen molar-refractivity contribution in [3.05, 3.63) is 36.4 Å². The van der Waals surface area contributed by atoms with Gasteiger partial charge < -0.3 is 19.5 Å². The molecule has 10 heteroatoms. The molecule has 1 saturated heterocycles. The minimum Gasteiger partial charge on any atom is -0.495 e. The molecule has 0 spiro atoms. The van der Waals surface area contributed by atoms with Crippen LogP contribution in [0.5, 0.6) is 17.2 Å². The zero-order chi connectivity index (χ0) is 24.0. The van der Waals surface area contributed by atoms with Crippen LogP contribution in [0.2, 0.25) is 0 Å². The molecule has 2 aromatic rings. The van der Waals surface area contributed by atoms with E-state index in [0.29, 0.717) is 30.3 Å². The van der Waals surface area contributed by atoms with E-state index in [0.717, 1.165) is 24.2 Å². The van der Waals surface area contributed by atoms with Gasteiger partial charge in [-0.05, 0) is 56.2 Å². The zero-order valence-electron chi connectivity index (χ0n) is 19.3. The molecule has 3 rings (SSSR count). The summed E-state index contributed by atoms with van der Waals surface area (Å²) in [7, 11) is 0.837. The van der Waals surface area contributed by atoms with Gasteiger partial charge in [-0.2, -0.15) is 4.31 Å². The molecule has 0 bridgehead atoms. The number of benzene rings is 2. The number of amides is 1. The standard InChI is InChI=1S/C23H30N2O6S2/c1-16(32-18-9-11-19(29-2)21(15-18)31-4)23(26)24-17-8-10-20(30-3)22(14-17)33(27,28)25-12-6-5-7-13-25/h8-11,14-16H,5-7,12-13H2,1-4H3,(H,24,26)/t16-/m1/s1. The second-order valence-electron chi connectivity index (χ2n) is 7.60. The van der Waals surface area contributed by atoms with Crippen LogP contribution in [-0.4, -0.2) is 58.3 Å². The van der Waals surface area contributed by atoms with E-state index in [1.807, 2.05) is 12.1 Å². The Hall–Kier alpha value is -2.43. The molecule has 1 heterocycles. The third-order valence-corrected chi connectivity index (χ3v) is 8.41. The Morgan fingerprint density at radius 1 is 0.939 bits per heavy atom. The second-order valence-corrected chi connectivity index (χ2v) is 10.9. The van der Waals surface area contributed by atoms with Crippen LogP contribution in [0, 0.1) is 0 Å². The normalized spacial score (nSPS) is 15.5. The van der Waals surface area contributed by atoms with Gasteiger partial charge in [0, 0.05) is 23.7 Å². The molecule has 0 unspecified atom stereocenters. The molecule has 1 fully saturated rings. The van der Waals surface area contributed by atoms with Crippen LogP contribution in [0.4, 0.5) is 5.69 Å². The summed E-state index contributed by atoms with van der Waals surface area (Å²) >= 11 is 1.36. The van der Waals surface area contributed by atoms with Crippen molar-refractivity contribution >= 4 is 33.4 Å². The van der Waals surface area contributed by atoms with Crippen LogP contribution < -0.4 is 19.5 Å². The lowest BCUT2D eigenvalue weighted by Gasteiger charge is -2.26. The van der Waals surface area contributed by atoms with E-state index in [-0.39, 0.29) is 16.6 Å². The molecule has 1 aliphatic heterocycles. The molecule has 1 amide bonds. The van der Waals surface area contributed by atoms with Crippen LogP contribution in [-0.2, 0) is 14.8 Å². The van der Waals surface area contributed by atoms with Crippen LogP contribution in [0.15, 0.2) is 46.2 Å². The molecule has 180 valence electrons. The number of methoxy groups -OCH3 is 3. The van der Waals surface area contributed by atoms with Crippen molar-refractivity contribution in [3.63, 3.8) is 0 Å². The van der Waals surface area contributed by atoms with Crippen molar-refractivity contribution in [1.29, 1.82) is 0 Å². The van der Waals surface area contributed by atoms with E-state index in [4.69, 9.17) is 14.2 Å². The fourth-order valence-corrected chi connectivity index (χ4v) is 6.19. The Morgan fingerprint density at radius 3 is 2.21 bits per heavy atom. The van der Waals surface area contributed by atoms with E-state index >= 15 is 0 Å². The molecule has 0 radical (unpaired) electrons. The number of carbonyl (C=O) groups is 1. The topological polar surface area (TPSA) is 94.2 Å². The predicted octanol–water partition coefficient (Wildman–Crippen LogP) is 4.01. The minimum atomic E-state index is -3.72. The number of anilines is 1. The van der Waals surface area contributed by atoms with E-state index < -0.39 is 15.3 Å².